The van der Waals surface area contributed by atoms with Gasteiger partial charge in [-0.2, -0.15) is 0 Å². The molecule has 7 aromatic carbocycles. The van der Waals surface area contributed by atoms with Crippen molar-refractivity contribution in [1.82, 2.24) is 0 Å². The summed E-state index contributed by atoms with van der Waals surface area (Å²) in [5, 5.41) is 0. The van der Waals surface area contributed by atoms with Gasteiger partial charge in [0.2, 0.25) is 0 Å². The summed E-state index contributed by atoms with van der Waals surface area (Å²) in [6, 6.07) is 60.1. The molecule has 376 valence electrons. The summed E-state index contributed by atoms with van der Waals surface area (Å²) in [6.45, 7) is 8.74. The lowest BCUT2D eigenvalue weighted by atomic mass is 9.74. The van der Waals surface area contributed by atoms with E-state index >= 15 is 0 Å². The first-order chi connectivity index (χ1) is 37.9. The third-order valence-corrected chi connectivity index (χ3v) is 17.8. The quantitative estimate of drug-likeness (QED) is 0.152. The second-order valence-electron chi connectivity index (χ2n) is 22.3. The van der Waals surface area contributed by atoms with E-state index < -0.39 is 0 Å². The van der Waals surface area contributed by atoms with Crippen LogP contribution < -0.4 is 14.5 Å². The van der Waals surface area contributed by atoms with Gasteiger partial charge in [0.15, 0.2) is 0 Å². The number of allylic oxidation sites excluding steroid dienone is 6. The van der Waals surface area contributed by atoms with E-state index in [1.165, 1.54) is 72.3 Å². The summed E-state index contributed by atoms with van der Waals surface area (Å²) >= 11 is 0. The van der Waals surface area contributed by atoms with Crippen molar-refractivity contribution in [3.05, 3.63) is 298 Å². The molecule has 0 spiro atoms. The molecule has 5 heteroatoms. The number of para-hydroxylation sites is 1. The van der Waals surface area contributed by atoms with Crippen LogP contribution in [-0.2, 0) is 9.47 Å². The molecule has 0 N–H and O–H groups in total. The van der Waals surface area contributed by atoms with Gasteiger partial charge in [0.1, 0.15) is 18.0 Å². The van der Waals surface area contributed by atoms with Crippen LogP contribution in [0.3, 0.4) is 0 Å². The Morgan fingerprint density at radius 1 is 0.377 bits per heavy atom. The minimum absolute atomic E-state index is 0.00486. The van der Waals surface area contributed by atoms with Crippen LogP contribution in [0.5, 0.6) is 5.75 Å². The molecule has 3 heterocycles. The summed E-state index contributed by atoms with van der Waals surface area (Å²) in [6.07, 6.45) is 25.0. The number of benzene rings is 7. The number of fused-ring (bicyclic) bond motifs is 13. The molecule has 0 amide bonds. The molecular weight excluding hydrogens is 941 g/mol. The summed E-state index contributed by atoms with van der Waals surface area (Å²) in [4.78, 5) is 5.00. The van der Waals surface area contributed by atoms with Crippen LogP contribution in [0.4, 0.5) is 17.1 Å². The normalized spacial score (nSPS) is 26.4. The number of nitrogens with zero attached hydrogens (tertiary/aromatic N) is 2. The maximum absolute atomic E-state index is 7.54. The van der Waals surface area contributed by atoms with Crippen LogP contribution >= 0.6 is 0 Å². The molecule has 10 unspecified atom stereocenters. The highest BCUT2D eigenvalue weighted by Crippen LogP contribution is 2.61. The van der Waals surface area contributed by atoms with Crippen molar-refractivity contribution in [1.29, 1.82) is 0 Å². The highest BCUT2D eigenvalue weighted by atomic mass is 16.5. The fourth-order valence-corrected chi connectivity index (χ4v) is 14.1. The number of ether oxygens (including phenoxy) is 3. The van der Waals surface area contributed by atoms with Crippen LogP contribution in [0.1, 0.15) is 79.3 Å². The zero-order chi connectivity index (χ0) is 51.5. The van der Waals surface area contributed by atoms with E-state index in [0.29, 0.717) is 0 Å². The van der Waals surface area contributed by atoms with E-state index in [2.05, 4.69) is 268 Å². The number of anilines is 3. The highest BCUT2D eigenvalue weighted by molar-refractivity contribution is 5.94. The smallest absolute Gasteiger partial charge is 0.148 e. The fraction of sp³-hybridized carbons (Fsp3) is 0.194. The predicted octanol–water partition coefficient (Wildman–Crippen LogP) is 16.6. The fourth-order valence-electron chi connectivity index (χ4n) is 14.1. The standard InChI is InChI=1S/C72H60N2O3/c1-43-33-37-47(38-34-43)73(63-31-15-29-59-57-27-13-25-53(67(57)76-71(59)63)49-19-7-5-17-45(49)3)65-41-61-62-42-66(52-22-10-12-24-56(52)70(62)75-69(61)55-23-11-9-21-51(55)65)74(48-39-35-44(2)36-40-48)64-32-16-30-60-58-28-14-26-54(68(58)77-72(60)64)50-20-8-6-18-46(50)4/h5-42,57-59,61-62,67-71H,1-4H3. The lowest BCUT2D eigenvalue weighted by Crippen LogP contribution is -2.35. The van der Waals surface area contributed by atoms with E-state index in [9.17, 15) is 0 Å². The summed E-state index contributed by atoms with van der Waals surface area (Å²) in [5.74, 6) is 1.35. The van der Waals surface area contributed by atoms with Gasteiger partial charge in [-0.3, -0.25) is 0 Å². The minimum atomic E-state index is -0.182. The zero-order valence-corrected chi connectivity index (χ0v) is 43.8. The molecular formula is C72H60N2O3. The number of aryl methyl sites for hydroxylation is 4. The van der Waals surface area contributed by atoms with Crippen molar-refractivity contribution < 1.29 is 14.2 Å². The maximum Gasteiger partial charge on any atom is 0.148 e. The molecule has 2 saturated heterocycles. The molecule has 3 aliphatic heterocycles. The van der Waals surface area contributed by atoms with Crippen molar-refractivity contribution in [2.45, 2.75) is 64.1 Å². The van der Waals surface area contributed by atoms with Gasteiger partial charge >= 0.3 is 0 Å². The van der Waals surface area contributed by atoms with Crippen LogP contribution in [0.15, 0.2) is 236 Å². The van der Waals surface area contributed by atoms with Gasteiger partial charge in [-0.05, 0) is 103 Å². The largest absolute Gasteiger partial charge is 0.482 e. The number of hydrogen-bond donors (Lipinski definition) is 0. The topological polar surface area (TPSA) is 34.2 Å². The number of rotatable bonds is 8. The Kier molecular flexibility index (Phi) is 10.9. The summed E-state index contributed by atoms with van der Waals surface area (Å²) in [7, 11) is 0. The molecule has 0 bridgehead atoms. The second kappa shape index (κ2) is 18.2. The zero-order valence-electron chi connectivity index (χ0n) is 43.8. The maximum atomic E-state index is 7.54. The second-order valence-corrected chi connectivity index (χ2v) is 22.3. The Morgan fingerprint density at radius 3 is 1.47 bits per heavy atom. The average molecular weight is 1000 g/mol. The first-order valence-corrected chi connectivity index (χ1v) is 27.6. The molecule has 8 aliphatic rings. The van der Waals surface area contributed by atoms with Crippen LogP contribution in [0.2, 0.25) is 0 Å². The van der Waals surface area contributed by atoms with Gasteiger partial charge in [0.25, 0.3) is 0 Å². The van der Waals surface area contributed by atoms with Gasteiger partial charge in [-0.25, -0.2) is 0 Å². The third kappa shape index (κ3) is 7.35. The van der Waals surface area contributed by atoms with Crippen molar-refractivity contribution in [3.63, 3.8) is 0 Å². The lowest BCUT2D eigenvalue weighted by Gasteiger charge is -2.39. The van der Waals surface area contributed by atoms with Gasteiger partial charge in [0.05, 0.1) is 35.4 Å². The van der Waals surface area contributed by atoms with Gasteiger partial charge in [0, 0.05) is 68.9 Å². The summed E-state index contributed by atoms with van der Waals surface area (Å²) in [5.41, 5.74) is 22.5. The molecule has 0 saturated carbocycles. The van der Waals surface area contributed by atoms with E-state index in [1.807, 2.05) is 0 Å². The SMILES string of the molecule is Cc1ccc(N(C2=CC3C(OC4c5ccccc5C(N(c5ccc(C)cc5)c5cccc6c5OC5C(c7ccccc7C)=CC=CC65)=CC43)c3ccccc32)C2=CC=CC3C2OC2C(c4ccccc4C)=CC=CC23)cc1. The minimum Gasteiger partial charge on any atom is -0.482 e. The molecule has 2 fully saturated rings. The molecule has 5 nitrogen and oxygen atoms in total. The average Bonchev–Trinajstić information content (AvgIpc) is 4.19. The van der Waals surface area contributed by atoms with Crippen LogP contribution in [0, 0.1) is 51.4 Å². The van der Waals surface area contributed by atoms with Crippen LogP contribution in [0.25, 0.3) is 22.5 Å². The van der Waals surface area contributed by atoms with E-state index in [1.54, 1.807) is 0 Å². The third-order valence-electron chi connectivity index (χ3n) is 17.8. The first-order valence-electron chi connectivity index (χ1n) is 27.6. The molecule has 0 aromatic heterocycles. The summed E-state index contributed by atoms with van der Waals surface area (Å²) < 4.78 is 22.4. The first kappa shape index (κ1) is 46.1. The van der Waals surface area contributed by atoms with Crippen molar-refractivity contribution >= 4 is 39.6 Å². The Hall–Kier alpha value is -8.22. The highest BCUT2D eigenvalue weighted by Gasteiger charge is 2.53. The van der Waals surface area contributed by atoms with E-state index in [4.69, 9.17) is 14.2 Å². The Balaban J connectivity index is 0.871. The van der Waals surface area contributed by atoms with Gasteiger partial charge < -0.3 is 24.0 Å². The molecule has 77 heavy (non-hydrogen) atoms. The molecule has 5 aliphatic carbocycles. The van der Waals surface area contributed by atoms with E-state index in [0.717, 1.165) is 39.9 Å². The van der Waals surface area contributed by atoms with Crippen molar-refractivity contribution in [3.8, 4) is 5.75 Å². The Bertz CT molecular complexity index is 3810. The molecule has 10 atom stereocenters. The molecule has 0 radical (unpaired) electrons. The van der Waals surface area contributed by atoms with Crippen LogP contribution in [-0.4, -0.2) is 18.3 Å². The lowest BCUT2D eigenvalue weighted by molar-refractivity contribution is 0.0314. The van der Waals surface area contributed by atoms with Crippen molar-refractivity contribution in [2.75, 3.05) is 9.80 Å². The van der Waals surface area contributed by atoms with Gasteiger partial charge in [-0.1, -0.05) is 205 Å². The predicted molar refractivity (Wildman–Crippen MR) is 312 cm³/mol. The number of hydrogen-bond acceptors (Lipinski definition) is 5. The Morgan fingerprint density at radius 2 is 0.857 bits per heavy atom. The van der Waals surface area contributed by atoms with E-state index in [-0.39, 0.29) is 60.1 Å². The molecule has 7 aromatic rings. The van der Waals surface area contributed by atoms with Crippen molar-refractivity contribution in [2.24, 2.45) is 23.7 Å². The van der Waals surface area contributed by atoms with Gasteiger partial charge in [-0.15, -0.1) is 0 Å². The monoisotopic (exact) mass is 1000 g/mol. The molecule has 15 rings (SSSR count). The Labute approximate surface area is 452 Å².